The van der Waals surface area contributed by atoms with Crippen molar-refractivity contribution in [2.45, 2.75) is 44.4 Å². The van der Waals surface area contributed by atoms with Gasteiger partial charge in [-0.05, 0) is 37.5 Å². The molecule has 1 aromatic rings. The van der Waals surface area contributed by atoms with Gasteiger partial charge in [0.25, 0.3) is 0 Å². The van der Waals surface area contributed by atoms with Gasteiger partial charge in [-0.25, -0.2) is 9.97 Å². The summed E-state index contributed by atoms with van der Waals surface area (Å²) in [5.74, 6) is 3.66. The van der Waals surface area contributed by atoms with Gasteiger partial charge in [0.1, 0.15) is 12.1 Å². The van der Waals surface area contributed by atoms with Crippen LogP contribution in [0.5, 0.6) is 0 Å². The topological polar surface area (TPSA) is 52.6 Å². The predicted octanol–water partition coefficient (Wildman–Crippen LogP) is 2.12. The highest BCUT2D eigenvalue weighted by molar-refractivity contribution is 5.76. The molecule has 3 saturated heterocycles. The molecule has 0 spiro atoms. The minimum Gasteiger partial charge on any atom is -0.356 e. The van der Waals surface area contributed by atoms with Crippen LogP contribution in [0.4, 0.5) is 5.82 Å². The Balaban J connectivity index is 1.13. The number of amides is 1. The second-order valence-corrected chi connectivity index (χ2v) is 8.95. The molecule has 3 aliphatic heterocycles. The van der Waals surface area contributed by atoms with E-state index in [1.807, 2.05) is 0 Å². The Morgan fingerprint density at radius 2 is 1.78 bits per heavy atom. The fourth-order valence-corrected chi connectivity index (χ4v) is 5.13. The molecule has 1 aromatic heterocycles. The van der Waals surface area contributed by atoms with Crippen molar-refractivity contribution in [3.63, 3.8) is 0 Å². The maximum absolute atomic E-state index is 12.2. The van der Waals surface area contributed by atoms with Gasteiger partial charge in [-0.1, -0.05) is 6.42 Å². The van der Waals surface area contributed by atoms with E-state index < -0.39 is 0 Å². The molecule has 6 nitrogen and oxygen atoms in total. The van der Waals surface area contributed by atoms with Gasteiger partial charge >= 0.3 is 0 Å². The number of anilines is 1. The maximum Gasteiger partial charge on any atom is 0.222 e. The third-order valence-corrected chi connectivity index (χ3v) is 6.91. The van der Waals surface area contributed by atoms with E-state index >= 15 is 0 Å². The molecule has 27 heavy (non-hydrogen) atoms. The molecule has 0 radical (unpaired) electrons. The molecule has 1 amide bonds. The molecule has 4 fully saturated rings. The molecule has 2 unspecified atom stereocenters. The number of rotatable bonds is 5. The molecule has 5 rings (SSSR count). The van der Waals surface area contributed by atoms with Gasteiger partial charge in [-0.3, -0.25) is 4.79 Å². The van der Waals surface area contributed by atoms with Gasteiger partial charge in [0.15, 0.2) is 0 Å². The van der Waals surface area contributed by atoms with Crippen LogP contribution in [0.1, 0.15) is 50.1 Å². The van der Waals surface area contributed by atoms with Gasteiger partial charge in [0.05, 0.1) is 0 Å². The number of hydrogen-bond donors (Lipinski definition) is 0. The normalized spacial score (nSPS) is 29.3. The second-order valence-electron chi connectivity index (χ2n) is 8.95. The number of fused-ring (bicyclic) bond motifs is 1. The minimum absolute atomic E-state index is 0.369. The van der Waals surface area contributed by atoms with Crippen molar-refractivity contribution >= 4 is 11.7 Å². The summed E-state index contributed by atoms with van der Waals surface area (Å²) in [5.41, 5.74) is 1.24. The summed E-state index contributed by atoms with van der Waals surface area (Å²) in [7, 11) is 0. The van der Waals surface area contributed by atoms with E-state index in [2.05, 4.69) is 30.7 Å². The lowest BCUT2D eigenvalue weighted by atomic mass is 10.0. The molecular weight excluding hydrogens is 338 g/mol. The van der Waals surface area contributed by atoms with Crippen molar-refractivity contribution in [3.8, 4) is 0 Å². The molecule has 0 N–H and O–H groups in total. The molecule has 4 heterocycles. The first-order valence-electron chi connectivity index (χ1n) is 10.8. The quantitative estimate of drug-likeness (QED) is 0.796. The van der Waals surface area contributed by atoms with Gasteiger partial charge in [0, 0.05) is 69.9 Å². The third-order valence-electron chi connectivity index (χ3n) is 6.91. The molecule has 1 aliphatic carbocycles. The molecule has 0 aromatic carbocycles. The molecular formula is C21H31N5O. The minimum atomic E-state index is 0.369. The molecule has 6 heteroatoms. The molecule has 2 atom stereocenters. The van der Waals surface area contributed by atoms with Crippen LogP contribution in [0.25, 0.3) is 0 Å². The van der Waals surface area contributed by atoms with Crippen LogP contribution < -0.4 is 4.90 Å². The zero-order valence-electron chi connectivity index (χ0n) is 16.2. The number of carbonyl (C=O) groups excluding carboxylic acids is 1. The number of nitrogens with zero attached hydrogens (tertiary/aromatic N) is 5. The highest BCUT2D eigenvalue weighted by Crippen LogP contribution is 2.40. The monoisotopic (exact) mass is 369 g/mol. The van der Waals surface area contributed by atoms with Crippen LogP contribution in [-0.4, -0.2) is 71.5 Å². The second kappa shape index (κ2) is 7.38. The van der Waals surface area contributed by atoms with Gasteiger partial charge in [-0.15, -0.1) is 0 Å². The highest BCUT2D eigenvalue weighted by atomic mass is 16.2. The van der Waals surface area contributed by atoms with E-state index in [0.717, 1.165) is 63.2 Å². The zero-order chi connectivity index (χ0) is 18.2. The van der Waals surface area contributed by atoms with E-state index in [0.29, 0.717) is 11.8 Å². The Morgan fingerprint density at radius 1 is 0.963 bits per heavy atom. The predicted molar refractivity (Wildman–Crippen MR) is 105 cm³/mol. The Labute approximate surface area is 161 Å². The number of carbonyl (C=O) groups is 1. The van der Waals surface area contributed by atoms with Crippen molar-refractivity contribution in [2.75, 3.05) is 50.7 Å². The summed E-state index contributed by atoms with van der Waals surface area (Å²) in [6.45, 7) is 7.49. The average Bonchev–Trinajstić information content (AvgIpc) is 3.39. The lowest BCUT2D eigenvalue weighted by Gasteiger charge is -2.26. The van der Waals surface area contributed by atoms with Crippen molar-refractivity contribution in [1.29, 1.82) is 0 Å². The van der Waals surface area contributed by atoms with Gasteiger partial charge in [-0.2, -0.15) is 0 Å². The first-order chi connectivity index (χ1) is 13.3. The standard InChI is InChI=1S/C21H31N5O/c27-21-4-2-1-3-7-25(21)9-8-24-11-17-13-26(14-18(17)12-24)20-10-19(16-5-6-16)22-15-23-20/h10,15-18H,1-9,11-14H2. The Hall–Kier alpha value is -1.69. The van der Waals surface area contributed by atoms with Crippen molar-refractivity contribution in [2.24, 2.45) is 11.8 Å². The Morgan fingerprint density at radius 3 is 2.56 bits per heavy atom. The van der Waals surface area contributed by atoms with Crippen molar-refractivity contribution < 1.29 is 4.79 Å². The summed E-state index contributed by atoms with van der Waals surface area (Å²) in [4.78, 5) is 28.4. The lowest BCUT2D eigenvalue weighted by Crippen LogP contribution is -2.38. The number of aromatic nitrogens is 2. The van der Waals surface area contributed by atoms with Crippen LogP contribution in [0, 0.1) is 11.8 Å². The Bertz CT molecular complexity index is 677. The highest BCUT2D eigenvalue weighted by Gasteiger charge is 2.40. The fourth-order valence-electron chi connectivity index (χ4n) is 5.13. The third kappa shape index (κ3) is 3.82. The van der Waals surface area contributed by atoms with E-state index in [-0.39, 0.29) is 0 Å². The number of likely N-dealkylation sites (tertiary alicyclic amines) is 2. The first kappa shape index (κ1) is 17.4. The van der Waals surface area contributed by atoms with Gasteiger partial charge < -0.3 is 14.7 Å². The largest absolute Gasteiger partial charge is 0.356 e. The lowest BCUT2D eigenvalue weighted by molar-refractivity contribution is -0.130. The average molecular weight is 370 g/mol. The van der Waals surface area contributed by atoms with Crippen LogP contribution in [-0.2, 0) is 4.79 Å². The molecule has 0 bridgehead atoms. The van der Waals surface area contributed by atoms with Crippen molar-refractivity contribution in [1.82, 2.24) is 19.8 Å². The van der Waals surface area contributed by atoms with E-state index in [9.17, 15) is 4.79 Å². The van der Waals surface area contributed by atoms with Crippen LogP contribution in [0.3, 0.4) is 0 Å². The molecule has 1 saturated carbocycles. The summed E-state index contributed by atoms with van der Waals surface area (Å²) >= 11 is 0. The van der Waals surface area contributed by atoms with Crippen LogP contribution in [0.2, 0.25) is 0 Å². The Kier molecular flexibility index (Phi) is 4.76. The first-order valence-corrected chi connectivity index (χ1v) is 10.8. The summed E-state index contributed by atoms with van der Waals surface area (Å²) < 4.78 is 0. The van der Waals surface area contributed by atoms with E-state index in [1.54, 1.807) is 6.33 Å². The zero-order valence-corrected chi connectivity index (χ0v) is 16.2. The summed E-state index contributed by atoms with van der Waals surface area (Å²) in [6.07, 6.45) is 8.53. The summed E-state index contributed by atoms with van der Waals surface area (Å²) in [6, 6.07) is 2.22. The smallest absolute Gasteiger partial charge is 0.222 e. The van der Waals surface area contributed by atoms with E-state index in [1.165, 1.54) is 44.5 Å². The molecule has 4 aliphatic rings. The van der Waals surface area contributed by atoms with E-state index in [4.69, 9.17) is 0 Å². The molecule has 146 valence electrons. The maximum atomic E-state index is 12.2. The van der Waals surface area contributed by atoms with Crippen molar-refractivity contribution in [3.05, 3.63) is 18.1 Å². The summed E-state index contributed by atoms with van der Waals surface area (Å²) in [5, 5.41) is 0. The SMILES string of the molecule is O=C1CCCCCN1CCN1CC2CN(c3cc(C4CC4)ncn3)CC2C1. The fraction of sp³-hybridized carbons (Fsp3) is 0.762. The van der Waals surface area contributed by atoms with Crippen LogP contribution >= 0.6 is 0 Å². The van der Waals surface area contributed by atoms with Gasteiger partial charge in [0.2, 0.25) is 5.91 Å². The van der Waals surface area contributed by atoms with Crippen LogP contribution in [0.15, 0.2) is 12.4 Å². The number of hydrogen-bond acceptors (Lipinski definition) is 5.